The predicted molar refractivity (Wildman–Crippen MR) is 127 cm³/mol. The fraction of sp³-hybridized carbons (Fsp3) is 0.385. The molecule has 0 N–H and O–H groups in total. The van der Waals surface area contributed by atoms with Crippen molar-refractivity contribution in [1.82, 2.24) is 4.31 Å². The maximum atomic E-state index is 13.2. The molecule has 0 saturated carbocycles. The van der Waals surface area contributed by atoms with E-state index < -0.39 is 21.6 Å². The molecule has 0 bridgehead atoms. The van der Waals surface area contributed by atoms with Crippen molar-refractivity contribution in [3.05, 3.63) is 74.6 Å². The Labute approximate surface area is 198 Å². The number of piperidine rings is 1. The predicted octanol–water partition coefficient (Wildman–Crippen LogP) is 4.12. The van der Waals surface area contributed by atoms with Crippen LogP contribution in [0.1, 0.15) is 58.3 Å². The van der Waals surface area contributed by atoms with Gasteiger partial charge in [-0.15, -0.1) is 0 Å². The molecule has 0 radical (unpaired) electrons. The highest BCUT2D eigenvalue weighted by Gasteiger charge is 2.28. The Bertz CT molecular complexity index is 1430. The van der Waals surface area contributed by atoms with Crippen LogP contribution in [0.5, 0.6) is 0 Å². The maximum Gasteiger partial charge on any atom is 0.338 e. The molecule has 2 heterocycles. The van der Waals surface area contributed by atoms with Crippen LogP contribution in [0, 0.1) is 6.92 Å². The van der Waals surface area contributed by atoms with Gasteiger partial charge in [0.05, 0.1) is 10.5 Å². The number of carbonyl (C=O) groups excluding carboxylic acids is 1. The number of benzene rings is 2. The Balaban J connectivity index is 1.40. The summed E-state index contributed by atoms with van der Waals surface area (Å²) in [7, 11) is -3.68. The van der Waals surface area contributed by atoms with Crippen molar-refractivity contribution in [3.8, 4) is 0 Å². The van der Waals surface area contributed by atoms with Crippen LogP contribution in [0.2, 0.25) is 0 Å². The minimum atomic E-state index is -3.68. The first kappa shape index (κ1) is 22.8. The van der Waals surface area contributed by atoms with E-state index in [1.807, 2.05) is 12.1 Å². The van der Waals surface area contributed by atoms with Crippen molar-refractivity contribution >= 4 is 27.0 Å². The summed E-state index contributed by atoms with van der Waals surface area (Å²) in [5.41, 5.74) is 3.72. The molecule has 1 aromatic heterocycles. The Hall–Kier alpha value is -2.97. The van der Waals surface area contributed by atoms with E-state index in [9.17, 15) is 18.0 Å². The van der Waals surface area contributed by atoms with Gasteiger partial charge in [-0.05, 0) is 80.0 Å². The number of hydrogen-bond acceptors (Lipinski definition) is 6. The van der Waals surface area contributed by atoms with Gasteiger partial charge in [-0.25, -0.2) is 18.0 Å². The van der Waals surface area contributed by atoms with E-state index >= 15 is 0 Å². The van der Waals surface area contributed by atoms with Crippen LogP contribution >= 0.6 is 0 Å². The fourth-order valence-electron chi connectivity index (χ4n) is 4.89. The number of esters is 1. The van der Waals surface area contributed by atoms with Crippen LogP contribution in [0.15, 0.2) is 50.5 Å². The minimum absolute atomic E-state index is 0.109. The molecule has 1 aliphatic heterocycles. The van der Waals surface area contributed by atoms with Crippen LogP contribution in [-0.2, 0) is 34.2 Å². The Morgan fingerprint density at radius 2 is 1.74 bits per heavy atom. The largest absolute Gasteiger partial charge is 0.457 e. The van der Waals surface area contributed by atoms with Gasteiger partial charge < -0.3 is 9.15 Å². The van der Waals surface area contributed by atoms with Crippen LogP contribution in [-0.4, -0.2) is 31.8 Å². The van der Waals surface area contributed by atoms with Gasteiger partial charge in [-0.2, -0.15) is 4.31 Å². The van der Waals surface area contributed by atoms with Crippen molar-refractivity contribution in [3.63, 3.8) is 0 Å². The van der Waals surface area contributed by atoms with Gasteiger partial charge in [0.25, 0.3) is 0 Å². The summed E-state index contributed by atoms with van der Waals surface area (Å²) in [4.78, 5) is 25.1. The lowest BCUT2D eigenvalue weighted by molar-refractivity contribution is 0.0473. The zero-order valence-corrected chi connectivity index (χ0v) is 19.9. The summed E-state index contributed by atoms with van der Waals surface area (Å²) < 4.78 is 38.7. The SMILES string of the molecule is Cc1ccc(C(=O)OCc2cc(=O)oc3cc4c(cc23)CCC4)cc1S(=O)(=O)N1CCCCC1. The van der Waals surface area contributed by atoms with E-state index in [2.05, 4.69) is 0 Å². The summed E-state index contributed by atoms with van der Waals surface area (Å²) in [6.07, 6.45) is 5.69. The van der Waals surface area contributed by atoms with Crippen LogP contribution in [0.4, 0.5) is 0 Å². The molecule has 1 saturated heterocycles. The molecule has 2 aromatic carbocycles. The normalized spacial score (nSPS) is 16.5. The first-order valence-corrected chi connectivity index (χ1v) is 13.1. The van der Waals surface area contributed by atoms with E-state index in [0.717, 1.165) is 43.9 Å². The van der Waals surface area contributed by atoms with Crippen molar-refractivity contribution in [2.75, 3.05) is 13.1 Å². The third-order valence-electron chi connectivity index (χ3n) is 6.76. The molecule has 7 nitrogen and oxygen atoms in total. The molecule has 8 heteroatoms. The highest BCUT2D eigenvalue weighted by atomic mass is 32.2. The minimum Gasteiger partial charge on any atom is -0.457 e. The van der Waals surface area contributed by atoms with Crippen molar-refractivity contribution in [1.29, 1.82) is 0 Å². The van der Waals surface area contributed by atoms with Gasteiger partial charge >= 0.3 is 11.6 Å². The molecule has 1 aliphatic carbocycles. The molecule has 0 amide bonds. The summed E-state index contributed by atoms with van der Waals surface area (Å²) in [6.45, 7) is 2.59. The summed E-state index contributed by atoms with van der Waals surface area (Å²) in [5, 5.41) is 0.755. The average molecular weight is 482 g/mol. The number of carbonyl (C=O) groups is 1. The third-order valence-corrected chi connectivity index (χ3v) is 8.80. The second kappa shape index (κ2) is 9.00. The van der Waals surface area contributed by atoms with E-state index in [1.165, 1.54) is 27.6 Å². The van der Waals surface area contributed by atoms with Gasteiger partial charge in [-0.3, -0.25) is 0 Å². The molecule has 5 rings (SSSR count). The Kier molecular flexibility index (Phi) is 6.04. The number of sulfonamides is 1. The molecule has 1 fully saturated rings. The molecule has 2 aliphatic rings. The van der Waals surface area contributed by atoms with Crippen molar-refractivity contribution in [2.24, 2.45) is 0 Å². The summed E-state index contributed by atoms with van der Waals surface area (Å²) in [6, 6.07) is 9.85. The molecular formula is C26H27NO6S. The number of rotatable bonds is 5. The number of nitrogens with zero attached hydrogens (tertiary/aromatic N) is 1. The average Bonchev–Trinajstić information content (AvgIpc) is 3.29. The molecule has 178 valence electrons. The van der Waals surface area contributed by atoms with Crippen molar-refractivity contribution < 1.29 is 22.4 Å². The smallest absolute Gasteiger partial charge is 0.338 e. The summed E-state index contributed by atoms with van der Waals surface area (Å²) >= 11 is 0. The van der Waals surface area contributed by atoms with Gasteiger partial charge in [-0.1, -0.05) is 12.5 Å². The summed E-state index contributed by atoms with van der Waals surface area (Å²) in [5.74, 6) is -0.641. The molecule has 0 atom stereocenters. The Morgan fingerprint density at radius 1 is 1.00 bits per heavy atom. The monoisotopic (exact) mass is 481 g/mol. The lowest BCUT2D eigenvalue weighted by Gasteiger charge is -2.26. The first-order valence-electron chi connectivity index (χ1n) is 11.7. The van der Waals surface area contributed by atoms with E-state index in [4.69, 9.17) is 9.15 Å². The standard InChI is InChI=1S/C26H27NO6S/c1-17-8-9-20(14-24(17)34(30,31)27-10-3-2-4-11-27)26(29)32-16-21-15-25(28)33-23-13-19-7-5-6-18(19)12-22(21)23/h8-9,12-15H,2-7,10-11,16H2,1H3. The lowest BCUT2D eigenvalue weighted by Crippen LogP contribution is -2.36. The maximum absolute atomic E-state index is 13.2. The van der Waals surface area contributed by atoms with Gasteiger partial charge in [0.1, 0.15) is 12.2 Å². The highest BCUT2D eigenvalue weighted by molar-refractivity contribution is 7.89. The van der Waals surface area contributed by atoms with Gasteiger partial charge in [0.15, 0.2) is 0 Å². The van der Waals surface area contributed by atoms with Crippen LogP contribution in [0.25, 0.3) is 11.0 Å². The third kappa shape index (κ3) is 4.28. The number of ether oxygens (including phenoxy) is 1. The molecule has 0 unspecified atom stereocenters. The quantitative estimate of drug-likeness (QED) is 0.402. The number of aryl methyl sites for hydroxylation is 3. The van der Waals surface area contributed by atoms with Gasteiger partial charge in [0.2, 0.25) is 10.0 Å². The van der Waals surface area contributed by atoms with Crippen LogP contribution in [0.3, 0.4) is 0 Å². The lowest BCUT2D eigenvalue weighted by atomic mass is 10.0. The Morgan fingerprint density at radius 3 is 2.50 bits per heavy atom. The first-order chi connectivity index (χ1) is 16.3. The molecular weight excluding hydrogens is 454 g/mol. The zero-order chi connectivity index (χ0) is 23.9. The number of hydrogen-bond donors (Lipinski definition) is 0. The molecule has 0 spiro atoms. The highest BCUT2D eigenvalue weighted by Crippen LogP contribution is 2.29. The van der Waals surface area contributed by atoms with E-state index in [1.54, 1.807) is 19.1 Å². The van der Waals surface area contributed by atoms with Gasteiger partial charge in [0, 0.05) is 30.1 Å². The fourth-order valence-corrected chi connectivity index (χ4v) is 6.66. The molecule has 3 aromatic rings. The van der Waals surface area contributed by atoms with Crippen molar-refractivity contribution in [2.45, 2.75) is 57.0 Å². The second-order valence-corrected chi connectivity index (χ2v) is 11.0. The van der Waals surface area contributed by atoms with Crippen LogP contribution < -0.4 is 5.63 Å². The molecule has 34 heavy (non-hydrogen) atoms. The second-order valence-electron chi connectivity index (χ2n) is 9.08. The zero-order valence-electron chi connectivity index (χ0n) is 19.1. The van der Waals surface area contributed by atoms with E-state index in [0.29, 0.717) is 29.8 Å². The number of fused-ring (bicyclic) bond motifs is 2. The van der Waals surface area contributed by atoms with E-state index in [-0.39, 0.29) is 17.1 Å². The topological polar surface area (TPSA) is 93.9 Å².